The lowest BCUT2D eigenvalue weighted by Gasteiger charge is -2.36. The molecule has 2 rings (SSSR count). The van der Waals surface area contributed by atoms with Gasteiger partial charge >= 0.3 is 0 Å². The maximum Gasteiger partial charge on any atom is 0.250 e. The van der Waals surface area contributed by atoms with Crippen molar-refractivity contribution in [3.05, 3.63) is 54.1 Å². The molecule has 26 heavy (non-hydrogen) atoms. The molecule has 140 valence electrons. The van der Waals surface area contributed by atoms with E-state index in [2.05, 4.69) is 39.2 Å². The minimum Gasteiger partial charge on any atom is -0.543 e. The van der Waals surface area contributed by atoms with E-state index in [0.29, 0.717) is 6.61 Å². The molecule has 2 aromatic carbocycles. The van der Waals surface area contributed by atoms with Crippen LogP contribution in [0.25, 0.3) is 0 Å². The first-order valence-corrected chi connectivity index (χ1v) is 11.8. The summed E-state index contributed by atoms with van der Waals surface area (Å²) in [6.07, 6.45) is 0. The van der Waals surface area contributed by atoms with Crippen molar-refractivity contribution in [1.29, 1.82) is 0 Å². The Labute approximate surface area is 157 Å². The largest absolute Gasteiger partial charge is 0.543 e. The van der Waals surface area contributed by atoms with Crippen LogP contribution in [0.1, 0.15) is 33.3 Å². The van der Waals surface area contributed by atoms with Gasteiger partial charge in [0.25, 0.3) is 0 Å². The van der Waals surface area contributed by atoms with Crippen LogP contribution in [0.4, 0.5) is 5.69 Å². The summed E-state index contributed by atoms with van der Waals surface area (Å²) in [7, 11) is -1.87. The summed E-state index contributed by atoms with van der Waals surface area (Å²) in [5.41, 5.74) is 1.76. The lowest BCUT2D eigenvalue weighted by atomic mass is 10.2. The summed E-state index contributed by atoms with van der Waals surface area (Å²) >= 11 is 0. The molecule has 1 amide bonds. The third kappa shape index (κ3) is 5.63. The Morgan fingerprint density at radius 1 is 1.04 bits per heavy atom. The number of carbonyl (C=O) groups is 1. The summed E-state index contributed by atoms with van der Waals surface area (Å²) in [4.78, 5) is 11.2. The molecule has 0 spiro atoms. The molecule has 0 aliphatic carbocycles. The zero-order valence-corrected chi connectivity index (χ0v) is 17.6. The molecular weight excluding hydrogens is 342 g/mol. The van der Waals surface area contributed by atoms with Gasteiger partial charge in [-0.3, -0.25) is 4.79 Å². The molecule has 0 saturated carbocycles. The fraction of sp³-hybridized carbons (Fsp3) is 0.381. The van der Waals surface area contributed by atoms with Crippen molar-refractivity contribution in [2.24, 2.45) is 0 Å². The molecule has 5 heteroatoms. The van der Waals surface area contributed by atoms with E-state index in [-0.39, 0.29) is 10.9 Å². The van der Waals surface area contributed by atoms with E-state index in [4.69, 9.17) is 9.16 Å². The van der Waals surface area contributed by atoms with E-state index < -0.39 is 8.32 Å². The first-order valence-electron chi connectivity index (χ1n) is 8.85. The second-order valence-electron chi connectivity index (χ2n) is 8.01. The zero-order valence-electron chi connectivity index (χ0n) is 16.6. The van der Waals surface area contributed by atoms with Crippen molar-refractivity contribution < 1.29 is 14.0 Å². The van der Waals surface area contributed by atoms with Crippen molar-refractivity contribution in [2.45, 2.75) is 52.4 Å². The highest BCUT2D eigenvalue weighted by atomic mass is 28.4. The number of amides is 1. The summed E-state index contributed by atoms with van der Waals surface area (Å²) in [6.45, 7) is 13.1. The highest BCUT2D eigenvalue weighted by molar-refractivity contribution is 6.74. The highest BCUT2D eigenvalue weighted by Crippen LogP contribution is 2.37. The highest BCUT2D eigenvalue weighted by Gasteiger charge is 2.38. The van der Waals surface area contributed by atoms with E-state index in [9.17, 15) is 4.79 Å². The summed E-state index contributed by atoms with van der Waals surface area (Å²) < 4.78 is 12.2. The number of anilines is 1. The first-order chi connectivity index (χ1) is 12.1. The van der Waals surface area contributed by atoms with Gasteiger partial charge in [-0.2, -0.15) is 0 Å². The molecule has 0 aliphatic heterocycles. The molecule has 2 aromatic rings. The Kier molecular flexibility index (Phi) is 6.13. The second-order valence-corrected chi connectivity index (χ2v) is 12.7. The quantitative estimate of drug-likeness (QED) is 0.672. The van der Waals surface area contributed by atoms with Crippen LogP contribution in [-0.2, 0) is 11.4 Å². The standard InChI is InChI=1S/C21H29NO3Si/c1-16(23)22-18-10-7-9-17(13-18)15-24-19-11-8-12-20(14-19)25-26(5,6)21(2,3)4/h7-14H,15H2,1-6H3,(H,22,23). The minimum absolute atomic E-state index is 0.0847. The lowest BCUT2D eigenvalue weighted by molar-refractivity contribution is -0.114. The number of rotatable bonds is 6. The van der Waals surface area contributed by atoms with Gasteiger partial charge in [0.2, 0.25) is 14.2 Å². The van der Waals surface area contributed by atoms with Crippen molar-refractivity contribution in [3.63, 3.8) is 0 Å². The number of carbonyl (C=O) groups excluding carboxylic acids is 1. The molecule has 0 saturated heterocycles. The number of ether oxygens (including phenoxy) is 1. The van der Waals surface area contributed by atoms with Crippen LogP contribution in [0.5, 0.6) is 11.5 Å². The monoisotopic (exact) mass is 371 g/mol. The summed E-state index contributed by atoms with van der Waals surface area (Å²) in [5, 5.41) is 2.93. The van der Waals surface area contributed by atoms with E-state index in [1.807, 2.05) is 48.5 Å². The third-order valence-corrected chi connectivity index (χ3v) is 9.00. The van der Waals surface area contributed by atoms with Gasteiger partial charge in [-0.15, -0.1) is 0 Å². The van der Waals surface area contributed by atoms with E-state index in [1.165, 1.54) is 6.92 Å². The number of hydrogen-bond donors (Lipinski definition) is 1. The Bertz CT molecular complexity index is 766. The zero-order chi connectivity index (χ0) is 19.4. The molecule has 4 nitrogen and oxygen atoms in total. The van der Waals surface area contributed by atoms with Gasteiger partial charge in [0.1, 0.15) is 18.1 Å². The molecular formula is C21H29NO3Si. The van der Waals surface area contributed by atoms with Crippen molar-refractivity contribution in [3.8, 4) is 11.5 Å². The normalized spacial score (nSPS) is 11.8. The lowest BCUT2D eigenvalue weighted by Crippen LogP contribution is -2.43. The first kappa shape index (κ1) is 20.0. The predicted molar refractivity (Wildman–Crippen MR) is 109 cm³/mol. The molecule has 0 fully saturated rings. The molecule has 0 heterocycles. The van der Waals surface area contributed by atoms with E-state index in [1.54, 1.807) is 0 Å². The molecule has 0 bridgehead atoms. The molecule has 1 N–H and O–H groups in total. The Morgan fingerprint density at radius 3 is 2.35 bits per heavy atom. The maximum absolute atomic E-state index is 11.2. The van der Waals surface area contributed by atoms with Crippen molar-refractivity contribution in [1.82, 2.24) is 0 Å². The van der Waals surface area contributed by atoms with E-state index >= 15 is 0 Å². The van der Waals surface area contributed by atoms with Gasteiger partial charge in [-0.05, 0) is 48.0 Å². The van der Waals surface area contributed by atoms with Gasteiger partial charge in [-0.1, -0.05) is 39.0 Å². The van der Waals surface area contributed by atoms with Gasteiger partial charge in [-0.25, -0.2) is 0 Å². The van der Waals surface area contributed by atoms with Crippen LogP contribution in [0, 0.1) is 0 Å². The predicted octanol–water partition coefficient (Wildman–Crippen LogP) is 5.61. The van der Waals surface area contributed by atoms with Crippen molar-refractivity contribution in [2.75, 3.05) is 5.32 Å². The fourth-order valence-electron chi connectivity index (χ4n) is 2.18. The van der Waals surface area contributed by atoms with Crippen LogP contribution < -0.4 is 14.5 Å². The molecule has 0 unspecified atom stereocenters. The number of benzene rings is 2. The van der Waals surface area contributed by atoms with Crippen LogP contribution in [0.3, 0.4) is 0 Å². The topological polar surface area (TPSA) is 47.6 Å². The second kappa shape index (κ2) is 7.95. The number of nitrogens with one attached hydrogen (secondary N) is 1. The van der Waals surface area contributed by atoms with Crippen molar-refractivity contribution >= 4 is 19.9 Å². The summed E-state index contributed by atoms with van der Waals surface area (Å²) in [6, 6.07) is 15.4. The van der Waals surface area contributed by atoms with Gasteiger partial charge < -0.3 is 14.5 Å². The Morgan fingerprint density at radius 2 is 1.69 bits per heavy atom. The van der Waals surface area contributed by atoms with Crippen LogP contribution in [0.15, 0.2) is 48.5 Å². The SMILES string of the molecule is CC(=O)Nc1cccc(COc2cccc(O[Si](C)(C)C(C)(C)C)c2)c1. The Balaban J connectivity index is 2.04. The van der Waals surface area contributed by atoms with Gasteiger partial charge in [0, 0.05) is 18.7 Å². The minimum atomic E-state index is -1.87. The molecule has 0 aliphatic rings. The van der Waals surface area contributed by atoms with Crippen LogP contribution >= 0.6 is 0 Å². The molecule has 0 atom stereocenters. The van der Waals surface area contributed by atoms with E-state index in [0.717, 1.165) is 22.7 Å². The average molecular weight is 372 g/mol. The average Bonchev–Trinajstić information content (AvgIpc) is 2.51. The third-order valence-electron chi connectivity index (χ3n) is 4.64. The maximum atomic E-state index is 11.2. The fourth-order valence-corrected chi connectivity index (χ4v) is 3.21. The molecule has 0 aromatic heterocycles. The number of hydrogen-bond acceptors (Lipinski definition) is 3. The van der Waals surface area contributed by atoms with Gasteiger partial charge in [0.15, 0.2) is 0 Å². The molecule has 0 radical (unpaired) electrons. The van der Waals surface area contributed by atoms with Gasteiger partial charge in [0.05, 0.1) is 0 Å². The smallest absolute Gasteiger partial charge is 0.250 e. The summed E-state index contributed by atoms with van der Waals surface area (Å²) in [5.74, 6) is 1.53. The van der Waals surface area contributed by atoms with Crippen LogP contribution in [-0.4, -0.2) is 14.2 Å². The Hall–Kier alpha value is -2.27. The van der Waals surface area contributed by atoms with Crippen LogP contribution in [0.2, 0.25) is 18.1 Å².